The first-order valence-electron chi connectivity index (χ1n) is 5.53. The average Bonchev–Trinajstić information content (AvgIpc) is 2.23. The number of aromatic nitrogens is 1. The molecular weight excluding hydrogens is 259 g/mol. The van der Waals surface area contributed by atoms with Gasteiger partial charge in [-0.2, -0.15) is 13.2 Å². The van der Waals surface area contributed by atoms with Gasteiger partial charge in [0.25, 0.3) is 0 Å². The first-order chi connectivity index (χ1) is 8.58. The zero-order valence-corrected chi connectivity index (χ0v) is 10.8. The van der Waals surface area contributed by atoms with Gasteiger partial charge in [0.05, 0.1) is 5.69 Å². The molecule has 0 saturated heterocycles. The van der Waals surface area contributed by atoms with Crippen LogP contribution in [0.1, 0.15) is 32.2 Å². The van der Waals surface area contributed by atoms with Gasteiger partial charge < -0.3 is 4.74 Å². The monoisotopic (exact) mass is 273 g/mol. The highest BCUT2D eigenvalue weighted by Gasteiger charge is 2.32. The molecule has 1 aromatic heterocycles. The fraction of sp³-hybridized carbons (Fsp3) is 0.385. The van der Waals surface area contributed by atoms with Gasteiger partial charge in [-0.1, -0.05) is 6.07 Å². The highest BCUT2D eigenvalue weighted by Crippen LogP contribution is 2.27. The molecule has 3 nitrogen and oxygen atoms in total. The molecule has 0 fully saturated rings. The molecule has 104 valence electrons. The molecule has 6 heteroatoms. The van der Waals surface area contributed by atoms with E-state index in [0.29, 0.717) is 0 Å². The minimum Gasteiger partial charge on any atom is -0.457 e. The highest BCUT2D eigenvalue weighted by molar-refractivity contribution is 5.86. The maximum atomic E-state index is 12.4. The van der Waals surface area contributed by atoms with Gasteiger partial charge in [-0.15, -0.1) is 0 Å². The number of ether oxygens (including phenoxy) is 1. The summed E-state index contributed by atoms with van der Waals surface area (Å²) in [6, 6.07) is 3.46. The third kappa shape index (κ3) is 5.54. The Balaban J connectivity index is 2.80. The molecule has 0 saturated carbocycles. The number of esters is 1. The summed E-state index contributed by atoms with van der Waals surface area (Å²) in [5.41, 5.74) is -1.61. The van der Waals surface area contributed by atoms with Crippen LogP contribution in [0.4, 0.5) is 13.2 Å². The van der Waals surface area contributed by atoms with Crippen LogP contribution >= 0.6 is 0 Å². The summed E-state index contributed by atoms with van der Waals surface area (Å²) >= 11 is 0. The lowest BCUT2D eigenvalue weighted by Gasteiger charge is -2.17. The van der Waals surface area contributed by atoms with Crippen molar-refractivity contribution in [3.05, 3.63) is 35.7 Å². The third-order valence-corrected chi connectivity index (χ3v) is 1.86. The van der Waals surface area contributed by atoms with Gasteiger partial charge in [0.1, 0.15) is 11.3 Å². The van der Waals surface area contributed by atoms with Crippen LogP contribution in [0.15, 0.2) is 24.3 Å². The summed E-state index contributed by atoms with van der Waals surface area (Å²) in [7, 11) is 0. The van der Waals surface area contributed by atoms with Gasteiger partial charge in [-0.3, -0.25) is 0 Å². The summed E-state index contributed by atoms with van der Waals surface area (Å²) in [6.07, 6.45) is -2.27. The number of pyridine rings is 1. The number of halogens is 3. The Morgan fingerprint density at radius 3 is 2.42 bits per heavy atom. The highest BCUT2D eigenvalue weighted by atomic mass is 19.4. The van der Waals surface area contributed by atoms with Crippen molar-refractivity contribution in [1.29, 1.82) is 0 Å². The van der Waals surface area contributed by atoms with Crippen LogP contribution in [-0.4, -0.2) is 16.6 Å². The molecule has 19 heavy (non-hydrogen) atoms. The molecule has 1 heterocycles. The van der Waals surface area contributed by atoms with Crippen molar-refractivity contribution in [2.45, 2.75) is 32.5 Å². The van der Waals surface area contributed by atoms with Crippen LogP contribution in [0.2, 0.25) is 0 Å². The van der Waals surface area contributed by atoms with Crippen molar-refractivity contribution in [3.8, 4) is 0 Å². The van der Waals surface area contributed by atoms with E-state index in [1.54, 1.807) is 20.8 Å². The van der Waals surface area contributed by atoms with Gasteiger partial charge in [0.15, 0.2) is 0 Å². The van der Waals surface area contributed by atoms with Crippen LogP contribution in [0.5, 0.6) is 0 Å². The quantitative estimate of drug-likeness (QED) is 0.612. The largest absolute Gasteiger partial charge is 0.457 e. The van der Waals surface area contributed by atoms with E-state index in [0.717, 1.165) is 12.1 Å². The zero-order chi connectivity index (χ0) is 14.7. The number of carbonyl (C=O) groups is 1. The predicted molar refractivity (Wildman–Crippen MR) is 64.1 cm³/mol. The van der Waals surface area contributed by atoms with E-state index < -0.39 is 23.4 Å². The van der Waals surface area contributed by atoms with Gasteiger partial charge in [-0.25, -0.2) is 9.78 Å². The average molecular weight is 273 g/mol. The number of hydrogen-bond acceptors (Lipinski definition) is 3. The Bertz CT molecular complexity index is 487. The van der Waals surface area contributed by atoms with Crippen LogP contribution in [0.25, 0.3) is 6.08 Å². The van der Waals surface area contributed by atoms with Crippen LogP contribution < -0.4 is 0 Å². The maximum absolute atomic E-state index is 12.4. The van der Waals surface area contributed by atoms with E-state index in [-0.39, 0.29) is 5.69 Å². The molecule has 0 bridgehead atoms. The molecule has 0 aliphatic heterocycles. The Morgan fingerprint density at radius 2 is 1.89 bits per heavy atom. The third-order valence-electron chi connectivity index (χ3n) is 1.86. The second-order valence-electron chi connectivity index (χ2n) is 4.81. The molecule has 1 rings (SSSR count). The van der Waals surface area contributed by atoms with E-state index in [2.05, 4.69) is 4.98 Å². The fourth-order valence-corrected chi connectivity index (χ4v) is 1.19. The van der Waals surface area contributed by atoms with Crippen LogP contribution in [0.3, 0.4) is 0 Å². The lowest BCUT2D eigenvalue weighted by molar-refractivity contribution is -0.148. The number of hydrogen-bond donors (Lipinski definition) is 0. The van der Waals surface area contributed by atoms with Crippen LogP contribution in [-0.2, 0) is 15.7 Å². The molecule has 0 aromatic carbocycles. The molecule has 0 unspecified atom stereocenters. The van der Waals surface area contributed by atoms with Crippen molar-refractivity contribution in [2.75, 3.05) is 0 Å². The molecule has 0 spiro atoms. The fourth-order valence-electron chi connectivity index (χ4n) is 1.19. The van der Waals surface area contributed by atoms with Gasteiger partial charge in [0.2, 0.25) is 0 Å². The Morgan fingerprint density at radius 1 is 1.26 bits per heavy atom. The smallest absolute Gasteiger partial charge is 0.433 e. The van der Waals surface area contributed by atoms with Crippen molar-refractivity contribution in [2.24, 2.45) is 0 Å². The lowest BCUT2D eigenvalue weighted by Crippen LogP contribution is -2.22. The SMILES string of the molecule is CC(C)(C)OC(=O)/C=C/c1cccc(C(F)(F)F)n1. The van der Waals surface area contributed by atoms with Crippen molar-refractivity contribution in [3.63, 3.8) is 0 Å². The van der Waals surface area contributed by atoms with Gasteiger partial charge in [0, 0.05) is 6.08 Å². The lowest BCUT2D eigenvalue weighted by atomic mass is 10.2. The van der Waals surface area contributed by atoms with E-state index >= 15 is 0 Å². The number of carbonyl (C=O) groups excluding carboxylic acids is 1. The topological polar surface area (TPSA) is 39.2 Å². The number of rotatable bonds is 2. The second kappa shape index (κ2) is 5.42. The molecule has 0 N–H and O–H groups in total. The number of alkyl halides is 3. The van der Waals surface area contributed by atoms with Crippen LogP contribution in [0, 0.1) is 0 Å². The standard InChI is InChI=1S/C13H14F3NO2/c1-12(2,3)19-11(18)8-7-9-5-4-6-10(17-9)13(14,15)16/h4-8H,1-3H3/b8-7+. The minimum absolute atomic E-state index is 0.0423. The van der Waals surface area contributed by atoms with Gasteiger partial charge in [-0.05, 0) is 39.0 Å². The first kappa shape index (κ1) is 15.2. The second-order valence-corrected chi connectivity index (χ2v) is 4.81. The molecular formula is C13H14F3NO2. The van der Waals surface area contributed by atoms with E-state index in [1.165, 1.54) is 18.2 Å². The summed E-state index contributed by atoms with van der Waals surface area (Å²) in [4.78, 5) is 14.7. The maximum Gasteiger partial charge on any atom is 0.433 e. The van der Waals surface area contributed by atoms with Crippen molar-refractivity contribution in [1.82, 2.24) is 4.98 Å². The Kier molecular flexibility index (Phi) is 4.34. The van der Waals surface area contributed by atoms with E-state index in [1.807, 2.05) is 0 Å². The summed E-state index contributed by atoms with van der Waals surface area (Å²) in [5.74, 6) is -0.633. The van der Waals surface area contributed by atoms with E-state index in [4.69, 9.17) is 4.74 Å². The summed E-state index contributed by atoms with van der Waals surface area (Å²) in [6.45, 7) is 5.09. The Labute approximate surface area is 109 Å². The zero-order valence-electron chi connectivity index (χ0n) is 10.8. The summed E-state index contributed by atoms with van der Waals surface area (Å²) < 4.78 is 42.2. The van der Waals surface area contributed by atoms with Crippen molar-refractivity contribution >= 4 is 12.0 Å². The minimum atomic E-state index is -4.50. The van der Waals surface area contributed by atoms with Gasteiger partial charge >= 0.3 is 12.1 Å². The van der Waals surface area contributed by atoms with E-state index in [9.17, 15) is 18.0 Å². The molecule has 1 aromatic rings. The molecule has 0 atom stereocenters. The normalized spacial score (nSPS) is 12.7. The molecule has 0 aliphatic carbocycles. The summed E-state index contributed by atoms with van der Waals surface area (Å²) in [5, 5.41) is 0. The predicted octanol–water partition coefficient (Wildman–Crippen LogP) is 3.46. The Hall–Kier alpha value is -1.85. The van der Waals surface area contributed by atoms with Crippen molar-refractivity contribution < 1.29 is 22.7 Å². The molecule has 0 aliphatic rings. The molecule has 0 amide bonds. The molecule has 0 radical (unpaired) electrons. The number of nitrogens with zero attached hydrogens (tertiary/aromatic N) is 1. The first-order valence-corrected chi connectivity index (χ1v) is 5.53.